The van der Waals surface area contributed by atoms with Gasteiger partial charge < -0.3 is 19.7 Å². The van der Waals surface area contributed by atoms with Crippen LogP contribution in [0.2, 0.25) is 0 Å². The van der Waals surface area contributed by atoms with Crippen molar-refractivity contribution in [2.45, 2.75) is 211 Å². The Morgan fingerprint density at radius 2 is 1.43 bits per heavy atom. The zero-order valence-electron chi connectivity index (χ0n) is 31.6. The Hall–Kier alpha value is -1.63. The van der Waals surface area contributed by atoms with Crippen molar-refractivity contribution in [3.8, 4) is 11.5 Å². The molecule has 5 unspecified atom stereocenters. The van der Waals surface area contributed by atoms with E-state index in [0.29, 0.717) is 36.8 Å². The minimum Gasteiger partial charge on any atom is -0.482 e. The van der Waals surface area contributed by atoms with Crippen LogP contribution < -0.4 is 9.47 Å². The molecule has 5 atom stereocenters. The molecular weight excluding hydrogens is 610 g/mol. The standard InChI is InChI=1S/C43H71NO5/c1-4-6-7-8-9-10-11-12-13-14-15-16-17-18-19-20-21-22-23-27-38(46)48-36-29-28-34-30-37-42(3,47)43(32-44(37)31-33-25-24-26-33)39(34)40(36)49-41(43)35(45)5-2/h28-29,33,35,37,41,45,47H,4-27,30-32H2,1-3H3. The van der Waals surface area contributed by atoms with E-state index in [2.05, 4.69) is 17.9 Å². The highest BCUT2D eigenvalue weighted by Crippen LogP contribution is 2.63. The molecule has 0 amide bonds. The van der Waals surface area contributed by atoms with E-state index >= 15 is 0 Å². The number of aliphatic hydroxyl groups excluding tert-OH is 1. The third kappa shape index (κ3) is 9.06. The van der Waals surface area contributed by atoms with Crippen LogP contribution in [0, 0.1) is 5.92 Å². The number of hydrogen-bond acceptors (Lipinski definition) is 6. The summed E-state index contributed by atoms with van der Waals surface area (Å²) in [4.78, 5) is 15.5. The summed E-state index contributed by atoms with van der Waals surface area (Å²) >= 11 is 0. The minimum atomic E-state index is -1.05. The van der Waals surface area contributed by atoms with Gasteiger partial charge in [0.05, 0.1) is 17.1 Å². The van der Waals surface area contributed by atoms with Gasteiger partial charge in [-0.1, -0.05) is 142 Å². The highest BCUT2D eigenvalue weighted by atomic mass is 16.6. The van der Waals surface area contributed by atoms with Gasteiger partial charge in [-0.05, 0) is 56.6 Å². The number of rotatable bonds is 25. The molecular formula is C43H71NO5. The molecule has 1 saturated carbocycles. The molecule has 0 aromatic heterocycles. The fourth-order valence-electron chi connectivity index (χ4n) is 9.66. The van der Waals surface area contributed by atoms with Crippen LogP contribution in [-0.4, -0.2) is 58.0 Å². The quantitative estimate of drug-likeness (QED) is 0.0608. The summed E-state index contributed by atoms with van der Waals surface area (Å²) in [5.41, 5.74) is 0.337. The fraction of sp³-hybridized carbons (Fsp3) is 0.837. The number of nitrogens with zero attached hydrogens (tertiary/aromatic N) is 1. The smallest absolute Gasteiger partial charge is 0.311 e. The summed E-state index contributed by atoms with van der Waals surface area (Å²) in [6.45, 7) is 7.86. The van der Waals surface area contributed by atoms with Crippen molar-refractivity contribution in [3.63, 3.8) is 0 Å². The Morgan fingerprint density at radius 1 is 0.878 bits per heavy atom. The number of likely N-dealkylation sites (tertiary alicyclic amines) is 1. The zero-order chi connectivity index (χ0) is 34.7. The maximum Gasteiger partial charge on any atom is 0.311 e. The second-order valence-electron chi connectivity index (χ2n) is 16.6. The van der Waals surface area contributed by atoms with E-state index in [0.717, 1.165) is 36.9 Å². The Morgan fingerprint density at radius 3 is 1.94 bits per heavy atom. The molecule has 0 radical (unpaired) electrons. The zero-order valence-corrected chi connectivity index (χ0v) is 31.6. The summed E-state index contributed by atoms with van der Waals surface area (Å²) in [5.74, 6) is 1.48. The van der Waals surface area contributed by atoms with Crippen LogP contribution in [0.4, 0.5) is 0 Å². The molecule has 49 heavy (non-hydrogen) atoms. The molecule has 4 aliphatic rings. The number of esters is 1. The maximum atomic E-state index is 13.0. The Balaban J connectivity index is 0.991. The van der Waals surface area contributed by atoms with Crippen LogP contribution in [0.25, 0.3) is 0 Å². The lowest BCUT2D eigenvalue weighted by Gasteiger charge is -2.46. The molecule has 5 rings (SSSR count). The SMILES string of the molecule is CCCCCCCCCCCCCCCCCCCCCC(=O)Oc1ccc2c3c1OC(C(O)CC)C31CN(CC3CCC3)C(C2)C1(C)O. The lowest BCUT2D eigenvalue weighted by Crippen LogP contribution is -2.63. The first-order valence-electron chi connectivity index (χ1n) is 21.0. The number of benzene rings is 1. The normalized spacial score (nSPS) is 26.4. The molecule has 2 heterocycles. The number of fused-ring (bicyclic) bond motifs is 1. The van der Waals surface area contributed by atoms with Crippen LogP contribution >= 0.6 is 0 Å². The van der Waals surface area contributed by atoms with E-state index in [4.69, 9.17) is 9.47 Å². The fourth-order valence-corrected chi connectivity index (χ4v) is 9.66. The first kappa shape index (κ1) is 38.6. The predicted molar refractivity (Wildman–Crippen MR) is 200 cm³/mol. The maximum absolute atomic E-state index is 13.0. The van der Waals surface area contributed by atoms with E-state index in [-0.39, 0.29) is 12.0 Å². The lowest BCUT2D eigenvalue weighted by molar-refractivity contribution is -0.134. The topological polar surface area (TPSA) is 79.2 Å². The van der Waals surface area contributed by atoms with Crippen LogP contribution in [0.15, 0.2) is 12.1 Å². The number of hydrogen-bond donors (Lipinski definition) is 2. The molecule has 1 aromatic rings. The molecule has 2 N–H and O–H groups in total. The van der Waals surface area contributed by atoms with Gasteiger partial charge in [0.2, 0.25) is 0 Å². The monoisotopic (exact) mass is 682 g/mol. The van der Waals surface area contributed by atoms with Gasteiger partial charge in [0.1, 0.15) is 6.10 Å². The first-order chi connectivity index (χ1) is 23.8. The van der Waals surface area contributed by atoms with Gasteiger partial charge in [0.25, 0.3) is 0 Å². The van der Waals surface area contributed by atoms with Crippen molar-refractivity contribution in [2.75, 3.05) is 13.1 Å². The number of aliphatic hydroxyl groups is 2. The van der Waals surface area contributed by atoms with Crippen molar-refractivity contribution in [3.05, 3.63) is 23.3 Å². The Kier molecular flexibility index (Phi) is 14.8. The van der Waals surface area contributed by atoms with Gasteiger partial charge in [-0.2, -0.15) is 0 Å². The van der Waals surface area contributed by atoms with Crippen molar-refractivity contribution in [1.82, 2.24) is 4.90 Å². The van der Waals surface area contributed by atoms with Crippen molar-refractivity contribution in [1.29, 1.82) is 0 Å². The van der Waals surface area contributed by atoms with Crippen LogP contribution in [-0.2, 0) is 16.6 Å². The van der Waals surface area contributed by atoms with Crippen LogP contribution in [0.3, 0.4) is 0 Å². The molecule has 1 spiro atoms. The molecule has 2 fully saturated rings. The van der Waals surface area contributed by atoms with E-state index in [1.54, 1.807) is 0 Å². The molecule has 2 bridgehead atoms. The minimum absolute atomic E-state index is 0.00974. The van der Waals surface area contributed by atoms with Gasteiger partial charge in [0, 0.05) is 31.1 Å². The largest absolute Gasteiger partial charge is 0.482 e. The predicted octanol–water partition coefficient (Wildman–Crippen LogP) is 9.97. The van der Waals surface area contributed by atoms with E-state index in [9.17, 15) is 15.0 Å². The first-order valence-corrected chi connectivity index (χ1v) is 21.0. The highest BCUT2D eigenvalue weighted by molar-refractivity contribution is 5.75. The van der Waals surface area contributed by atoms with Gasteiger partial charge in [-0.25, -0.2) is 0 Å². The van der Waals surface area contributed by atoms with Gasteiger partial charge in [0.15, 0.2) is 11.5 Å². The third-order valence-electron chi connectivity index (χ3n) is 12.9. The molecule has 2 aliphatic carbocycles. The summed E-state index contributed by atoms with van der Waals surface area (Å²) in [7, 11) is 0. The molecule has 1 saturated heterocycles. The van der Waals surface area contributed by atoms with E-state index in [1.165, 1.54) is 128 Å². The van der Waals surface area contributed by atoms with Crippen molar-refractivity contribution < 1.29 is 24.5 Å². The van der Waals surface area contributed by atoms with Gasteiger partial charge >= 0.3 is 5.97 Å². The second-order valence-corrected chi connectivity index (χ2v) is 16.6. The number of ether oxygens (including phenoxy) is 2. The molecule has 1 aromatic carbocycles. The third-order valence-corrected chi connectivity index (χ3v) is 12.9. The Labute approximate surface area is 299 Å². The number of carbonyl (C=O) groups excluding carboxylic acids is 1. The Bertz CT molecular complexity index is 1160. The summed E-state index contributed by atoms with van der Waals surface area (Å²) < 4.78 is 12.6. The number of carbonyl (C=O) groups is 1. The summed E-state index contributed by atoms with van der Waals surface area (Å²) in [6.07, 6.45) is 29.5. The highest BCUT2D eigenvalue weighted by Gasteiger charge is 2.72. The van der Waals surface area contributed by atoms with Crippen molar-refractivity contribution >= 4 is 5.97 Å². The van der Waals surface area contributed by atoms with E-state index in [1.807, 2.05) is 19.9 Å². The molecule has 2 aliphatic heterocycles. The van der Waals surface area contributed by atoms with Crippen LogP contribution in [0.1, 0.15) is 186 Å². The van der Waals surface area contributed by atoms with Crippen molar-refractivity contribution in [2.24, 2.45) is 5.92 Å². The van der Waals surface area contributed by atoms with Crippen LogP contribution in [0.5, 0.6) is 11.5 Å². The average molecular weight is 682 g/mol. The second kappa shape index (κ2) is 18.7. The van der Waals surface area contributed by atoms with E-state index < -0.39 is 23.2 Å². The van der Waals surface area contributed by atoms with Gasteiger partial charge in [-0.15, -0.1) is 0 Å². The lowest BCUT2D eigenvalue weighted by atomic mass is 9.59. The summed E-state index contributed by atoms with van der Waals surface area (Å²) in [6, 6.07) is 3.95. The molecule has 6 heteroatoms. The summed E-state index contributed by atoms with van der Waals surface area (Å²) in [5, 5.41) is 23.5. The van der Waals surface area contributed by atoms with Gasteiger partial charge in [-0.3, -0.25) is 9.69 Å². The number of unbranched alkanes of at least 4 members (excludes halogenated alkanes) is 18. The average Bonchev–Trinajstić information content (AvgIpc) is 3.46. The molecule has 278 valence electrons. The molecule has 6 nitrogen and oxygen atoms in total.